The Balaban J connectivity index is 0.000000340. The highest BCUT2D eigenvalue weighted by Gasteiger charge is 2.41. The summed E-state index contributed by atoms with van der Waals surface area (Å²) in [5.41, 5.74) is 7.26. The van der Waals surface area contributed by atoms with Crippen LogP contribution in [-0.4, -0.2) is 144 Å². The minimum Gasteiger partial charge on any atom is -1.00 e. The third kappa shape index (κ3) is 12.1. The lowest BCUT2D eigenvalue weighted by atomic mass is 9.86. The quantitative estimate of drug-likeness (QED) is 0.122. The molecule has 6 rings (SSSR count). The van der Waals surface area contributed by atoms with Gasteiger partial charge in [-0.2, -0.15) is 0 Å². The molecule has 0 aliphatic carbocycles. The van der Waals surface area contributed by atoms with Crippen LogP contribution < -0.4 is 72.2 Å². The highest BCUT2D eigenvalue weighted by Crippen LogP contribution is 2.47. The summed E-state index contributed by atoms with van der Waals surface area (Å²) in [6, 6.07) is 16.9. The number of hydrogen-bond donors (Lipinski definition) is 2. The number of likely N-dealkylation sites (N-methyl/N-ethyl adjacent to an activating group) is 2. The zero-order chi connectivity index (χ0) is 46.6. The van der Waals surface area contributed by atoms with Crippen molar-refractivity contribution in [2.24, 2.45) is 0 Å². The number of hydrogen-bond acceptors (Lipinski definition) is 12. The molecule has 4 aromatic rings. The number of ether oxygens (including phenoxy) is 10. The summed E-state index contributed by atoms with van der Waals surface area (Å²) in [4.78, 5) is 0. The third-order valence-electron chi connectivity index (χ3n) is 13.3. The van der Waals surface area contributed by atoms with E-state index in [0.717, 1.165) is 108 Å². The molecule has 4 aromatic carbocycles. The topological polar surface area (TPSA) is 133 Å². The van der Waals surface area contributed by atoms with Crippen LogP contribution in [0.2, 0.25) is 0 Å². The zero-order valence-corrected chi connectivity index (χ0v) is 42.4. The van der Waals surface area contributed by atoms with E-state index in [1.807, 2.05) is 24.3 Å². The lowest BCUT2D eigenvalue weighted by molar-refractivity contribution is -0.941. The predicted molar refractivity (Wildman–Crippen MR) is 247 cm³/mol. The molecule has 0 saturated heterocycles. The number of benzene rings is 4. The van der Waals surface area contributed by atoms with Gasteiger partial charge in [0.2, 0.25) is 11.5 Å². The molecule has 0 unspecified atom stereocenters. The Morgan fingerprint density at radius 1 is 0.424 bits per heavy atom. The van der Waals surface area contributed by atoms with Gasteiger partial charge in [0.25, 0.3) is 0 Å². The van der Waals surface area contributed by atoms with Crippen LogP contribution in [0, 0.1) is 0 Å². The van der Waals surface area contributed by atoms with Gasteiger partial charge in [0.1, 0.15) is 12.1 Å². The van der Waals surface area contributed by atoms with Crippen molar-refractivity contribution < 1.29 is 91.4 Å². The second-order valence-electron chi connectivity index (χ2n) is 16.8. The monoisotopic (exact) mass is 962 g/mol. The summed E-state index contributed by atoms with van der Waals surface area (Å²) in [6.07, 6.45) is 4.96. The van der Waals surface area contributed by atoms with E-state index in [-0.39, 0.29) is 50.1 Å². The average molecular weight is 964 g/mol. The van der Waals surface area contributed by atoms with Crippen molar-refractivity contribution in [2.75, 3.05) is 125 Å². The highest BCUT2D eigenvalue weighted by molar-refractivity contribution is 5.56. The van der Waals surface area contributed by atoms with Crippen LogP contribution in [0.15, 0.2) is 48.5 Å². The fourth-order valence-corrected chi connectivity index (χ4v) is 9.67. The third-order valence-corrected chi connectivity index (χ3v) is 13.3. The number of aliphatic hydroxyl groups excluding tert-OH is 2. The average Bonchev–Trinajstić information content (AvgIpc) is 3.33. The van der Waals surface area contributed by atoms with E-state index in [1.54, 1.807) is 71.1 Å². The fourth-order valence-electron chi connectivity index (χ4n) is 9.67. The van der Waals surface area contributed by atoms with Crippen LogP contribution in [0.3, 0.4) is 0 Å². The maximum atomic E-state index is 9.53. The molecule has 0 bridgehead atoms. The van der Waals surface area contributed by atoms with Crippen LogP contribution in [0.5, 0.6) is 57.5 Å². The van der Waals surface area contributed by atoms with Crippen LogP contribution in [0.25, 0.3) is 0 Å². The summed E-state index contributed by atoms with van der Waals surface area (Å²) in [6.45, 7) is 4.11. The lowest BCUT2D eigenvalue weighted by Gasteiger charge is -2.46. The first-order chi connectivity index (χ1) is 30.9. The number of nitrogens with zero attached hydrogens (tertiary/aromatic N) is 2. The smallest absolute Gasteiger partial charge is 0.203 e. The van der Waals surface area contributed by atoms with Gasteiger partial charge in [0, 0.05) is 62.9 Å². The molecule has 0 aromatic heterocycles. The van der Waals surface area contributed by atoms with Crippen molar-refractivity contribution >= 4 is 0 Å². The van der Waals surface area contributed by atoms with E-state index in [4.69, 9.17) is 47.4 Å². The Labute approximate surface area is 404 Å². The van der Waals surface area contributed by atoms with Crippen molar-refractivity contribution in [3.05, 3.63) is 81.9 Å². The molecule has 368 valence electrons. The molecule has 14 nitrogen and oxygen atoms in total. The molecule has 2 aliphatic rings. The number of methoxy groups -OCH3 is 10. The van der Waals surface area contributed by atoms with E-state index in [2.05, 4.69) is 38.4 Å². The van der Waals surface area contributed by atoms with E-state index in [9.17, 15) is 10.2 Å². The van der Waals surface area contributed by atoms with Gasteiger partial charge in [-0.15, -0.1) is 0 Å². The van der Waals surface area contributed by atoms with Gasteiger partial charge in [0.05, 0.1) is 111 Å². The molecule has 0 radical (unpaired) electrons. The molecule has 0 spiro atoms. The normalized spacial score (nSPS) is 19.2. The molecular formula is C50H72Cl2N2O12. The maximum absolute atomic E-state index is 9.53. The summed E-state index contributed by atoms with van der Waals surface area (Å²) >= 11 is 0. The predicted octanol–water partition coefficient (Wildman–Crippen LogP) is 0.805. The SMILES string of the molecule is COc1cc2c(cc1OC)[C@@H](Cc1cc(OC)c(OC)c(OC)c1)[N@+](C)(CCCO)CC2.COc1cc2c(cc1OC)[C@H](Cc1cc(OC)c(OC)c(OC)c1)[N@@+](C)(CCCO)CC2.[Cl-].[Cl-]. The highest BCUT2D eigenvalue weighted by atomic mass is 35.5. The zero-order valence-electron chi connectivity index (χ0n) is 40.9. The largest absolute Gasteiger partial charge is 1.00 e. The second kappa shape index (κ2) is 25.4. The number of halogens is 2. The Morgan fingerprint density at radius 3 is 0.970 bits per heavy atom. The second-order valence-corrected chi connectivity index (χ2v) is 16.8. The summed E-state index contributed by atoms with van der Waals surface area (Å²) < 4.78 is 57.3. The molecule has 0 amide bonds. The van der Waals surface area contributed by atoms with E-state index in [0.29, 0.717) is 34.5 Å². The van der Waals surface area contributed by atoms with Gasteiger partial charge in [-0.05, 0) is 70.8 Å². The van der Waals surface area contributed by atoms with Crippen molar-refractivity contribution in [3.63, 3.8) is 0 Å². The van der Waals surface area contributed by atoms with Crippen molar-refractivity contribution in [1.29, 1.82) is 0 Å². The minimum absolute atomic E-state index is 0. The van der Waals surface area contributed by atoms with Gasteiger partial charge in [-0.3, -0.25) is 0 Å². The molecule has 2 N–H and O–H groups in total. The molecule has 0 fully saturated rings. The molecule has 0 saturated carbocycles. The number of rotatable bonds is 20. The van der Waals surface area contributed by atoms with Crippen LogP contribution in [-0.2, 0) is 25.7 Å². The molecule has 4 atom stereocenters. The molecule has 2 aliphatic heterocycles. The standard InChI is InChI=1S/2C25H36NO6.2ClH/c2*1-26(9-7-11-27)10-8-18-15-21(28-2)22(29-3)16-19(18)20(26)12-17-13-23(30-4)25(32-6)24(14-17)31-5;;/h2*13-16,20,27H,7-12H2,1-6H3;2*1H/q2*+1;;/p-2/t2*20-,26-;;/m10../s1. The first kappa shape index (κ1) is 55.6. The van der Waals surface area contributed by atoms with Gasteiger partial charge >= 0.3 is 0 Å². The Kier molecular flexibility index (Phi) is 21.4. The van der Waals surface area contributed by atoms with E-state index in [1.165, 1.54) is 22.3 Å². The maximum Gasteiger partial charge on any atom is 0.203 e. The molecule has 16 heteroatoms. The van der Waals surface area contributed by atoms with Gasteiger partial charge in [-0.1, -0.05) is 0 Å². The van der Waals surface area contributed by atoms with Gasteiger partial charge in [0.15, 0.2) is 46.0 Å². The summed E-state index contributed by atoms with van der Waals surface area (Å²) in [5.74, 6) is 6.74. The Morgan fingerprint density at radius 2 is 0.712 bits per heavy atom. The first-order valence-corrected chi connectivity index (χ1v) is 21.9. The number of quaternary nitrogens is 2. The van der Waals surface area contributed by atoms with E-state index < -0.39 is 0 Å². The van der Waals surface area contributed by atoms with Crippen molar-refractivity contribution in [1.82, 2.24) is 0 Å². The molecular weight excluding hydrogens is 891 g/mol. The van der Waals surface area contributed by atoms with Gasteiger partial charge < -0.3 is 91.4 Å². The van der Waals surface area contributed by atoms with Crippen molar-refractivity contribution in [3.8, 4) is 57.5 Å². The summed E-state index contributed by atoms with van der Waals surface area (Å²) in [5, 5.41) is 19.1. The lowest BCUT2D eigenvalue weighted by Crippen LogP contribution is -3.00. The summed E-state index contributed by atoms with van der Waals surface area (Å²) in [7, 11) is 21.0. The minimum atomic E-state index is 0. The Hall–Kier alpha value is -4.70. The Bertz CT molecular complexity index is 1980. The van der Waals surface area contributed by atoms with Crippen LogP contribution in [0.1, 0.15) is 58.3 Å². The number of fused-ring (bicyclic) bond motifs is 2. The molecule has 2 heterocycles. The number of aliphatic hydroxyl groups is 2. The molecule has 66 heavy (non-hydrogen) atoms. The van der Waals surface area contributed by atoms with Crippen LogP contribution in [0.4, 0.5) is 0 Å². The van der Waals surface area contributed by atoms with Crippen molar-refractivity contribution in [2.45, 2.75) is 50.6 Å². The van der Waals surface area contributed by atoms with E-state index >= 15 is 0 Å². The van der Waals surface area contributed by atoms with Gasteiger partial charge in [-0.25, -0.2) is 0 Å². The first-order valence-electron chi connectivity index (χ1n) is 21.9. The fraction of sp³-hybridized carbons (Fsp3) is 0.520. The van der Waals surface area contributed by atoms with Crippen LogP contribution >= 0.6 is 0 Å².